The summed E-state index contributed by atoms with van der Waals surface area (Å²) in [5.74, 6) is 0.885. The van der Waals surface area contributed by atoms with Gasteiger partial charge in [0, 0.05) is 26.5 Å². The van der Waals surface area contributed by atoms with E-state index in [9.17, 15) is 9.59 Å². The third-order valence-corrected chi connectivity index (χ3v) is 6.61. The molecule has 2 amide bonds. The largest absolute Gasteiger partial charge is 0.493 e. The number of rotatable bonds is 10. The van der Waals surface area contributed by atoms with Gasteiger partial charge >= 0.3 is 0 Å². The lowest BCUT2D eigenvalue weighted by molar-refractivity contribution is -0.143. The van der Waals surface area contributed by atoms with Gasteiger partial charge in [0.15, 0.2) is 11.5 Å². The summed E-state index contributed by atoms with van der Waals surface area (Å²) in [7, 11) is 4.75. The number of thiophene rings is 1. The highest BCUT2D eigenvalue weighted by Crippen LogP contribution is 2.38. The number of carbonyl (C=O) groups excluding carboxylic acids is 2. The molecule has 0 unspecified atom stereocenters. The second-order valence-corrected chi connectivity index (χ2v) is 10.6. The minimum atomic E-state index is -0.318. The first-order chi connectivity index (χ1) is 16.7. The number of carbonyl (C=O) groups is 2. The Kier molecular flexibility index (Phi) is 8.91. The van der Waals surface area contributed by atoms with Crippen LogP contribution in [0.25, 0.3) is 0 Å². The molecule has 35 heavy (non-hydrogen) atoms. The van der Waals surface area contributed by atoms with Crippen LogP contribution in [0, 0.1) is 5.41 Å². The fraction of sp³-hybridized carbons (Fsp3) is 0.500. The highest BCUT2D eigenvalue weighted by atomic mass is 32.1. The maximum atomic E-state index is 13.6. The predicted molar refractivity (Wildman–Crippen MR) is 137 cm³/mol. The first kappa shape index (κ1) is 26.7. The molecule has 190 valence electrons. The van der Waals surface area contributed by atoms with Gasteiger partial charge in [-0.05, 0) is 34.6 Å². The summed E-state index contributed by atoms with van der Waals surface area (Å²) in [6.45, 7) is 6.65. The third kappa shape index (κ3) is 6.82. The zero-order chi connectivity index (χ0) is 25.6. The molecule has 0 saturated carbocycles. The van der Waals surface area contributed by atoms with Crippen molar-refractivity contribution in [3.63, 3.8) is 0 Å². The quantitative estimate of drug-likeness (QED) is 0.483. The molecule has 0 saturated heterocycles. The molecule has 2 heterocycles. The van der Waals surface area contributed by atoms with E-state index in [4.69, 9.17) is 19.3 Å². The highest BCUT2D eigenvalue weighted by molar-refractivity contribution is 7.12. The first-order valence-electron chi connectivity index (χ1n) is 11.6. The fourth-order valence-corrected chi connectivity index (χ4v) is 4.67. The summed E-state index contributed by atoms with van der Waals surface area (Å²) < 4.78 is 16.1. The molecule has 1 aromatic carbocycles. The number of ether oxygens (including phenoxy) is 3. The number of hydrogen-bond donors (Lipinski definition) is 0. The van der Waals surface area contributed by atoms with Gasteiger partial charge in [-0.3, -0.25) is 9.59 Å². The zero-order valence-corrected chi connectivity index (χ0v) is 22.2. The average molecular weight is 502 g/mol. The van der Waals surface area contributed by atoms with Crippen molar-refractivity contribution < 1.29 is 23.8 Å². The number of hydrazone groups is 1. The molecular formula is C26H35N3O5S. The fourth-order valence-electron chi connectivity index (χ4n) is 3.95. The van der Waals surface area contributed by atoms with Crippen LogP contribution in [-0.4, -0.2) is 68.5 Å². The normalized spacial score (nSPS) is 15.7. The number of nitrogens with zero attached hydrogens (tertiary/aromatic N) is 3. The topological polar surface area (TPSA) is 80.7 Å². The van der Waals surface area contributed by atoms with E-state index in [1.165, 1.54) is 5.01 Å². The van der Waals surface area contributed by atoms with Crippen molar-refractivity contribution in [2.24, 2.45) is 10.5 Å². The Balaban J connectivity index is 1.90. The minimum Gasteiger partial charge on any atom is -0.493 e. The molecule has 1 aliphatic rings. The standard InChI is InChI=1S/C26H35N3O5S/c1-26(2,3)16-24(30)28(11-12-32-4)17-25(31)29-20(15-19(27-29)23-8-7-13-35-23)18-9-10-21(33-5)22(14-18)34-6/h7-10,13-14,20H,11-12,15-17H2,1-6H3/t20-/m0/s1. The van der Waals surface area contributed by atoms with Gasteiger partial charge in [0.05, 0.1) is 37.5 Å². The average Bonchev–Trinajstić information content (AvgIpc) is 3.50. The summed E-state index contributed by atoms with van der Waals surface area (Å²) in [6.07, 6.45) is 0.905. The maximum absolute atomic E-state index is 13.6. The summed E-state index contributed by atoms with van der Waals surface area (Å²) in [5.41, 5.74) is 1.54. The number of amides is 2. The van der Waals surface area contributed by atoms with Crippen molar-refractivity contribution in [1.82, 2.24) is 9.91 Å². The van der Waals surface area contributed by atoms with Gasteiger partial charge in [0.1, 0.15) is 6.54 Å². The van der Waals surface area contributed by atoms with E-state index in [0.717, 1.165) is 16.2 Å². The van der Waals surface area contributed by atoms with E-state index >= 15 is 0 Å². The second-order valence-electron chi connectivity index (χ2n) is 9.64. The highest BCUT2D eigenvalue weighted by Gasteiger charge is 2.35. The van der Waals surface area contributed by atoms with Crippen LogP contribution in [0.15, 0.2) is 40.8 Å². The minimum absolute atomic E-state index is 0.0662. The molecule has 0 aliphatic carbocycles. The van der Waals surface area contributed by atoms with E-state index < -0.39 is 0 Å². The lowest BCUT2D eigenvalue weighted by Gasteiger charge is -2.29. The maximum Gasteiger partial charge on any atom is 0.262 e. The molecule has 1 aromatic heterocycles. The first-order valence-corrected chi connectivity index (χ1v) is 12.5. The van der Waals surface area contributed by atoms with Crippen molar-refractivity contribution in [2.45, 2.75) is 39.7 Å². The molecule has 0 radical (unpaired) electrons. The predicted octanol–water partition coefficient (Wildman–Crippen LogP) is 4.35. The van der Waals surface area contributed by atoms with Gasteiger partial charge in [-0.1, -0.05) is 32.9 Å². The van der Waals surface area contributed by atoms with Crippen LogP contribution >= 0.6 is 11.3 Å². The van der Waals surface area contributed by atoms with E-state index in [0.29, 0.717) is 37.5 Å². The SMILES string of the molecule is COCCN(CC(=O)N1N=C(c2cccs2)C[C@H]1c1ccc(OC)c(OC)c1)C(=O)CC(C)(C)C. The molecule has 9 heteroatoms. The van der Waals surface area contributed by atoms with Crippen LogP contribution in [0.3, 0.4) is 0 Å². The summed E-state index contributed by atoms with van der Waals surface area (Å²) in [5, 5.41) is 8.23. The van der Waals surface area contributed by atoms with Crippen LogP contribution in [-0.2, 0) is 14.3 Å². The van der Waals surface area contributed by atoms with E-state index in [1.54, 1.807) is 37.6 Å². The van der Waals surface area contributed by atoms with Gasteiger partial charge < -0.3 is 19.1 Å². The monoisotopic (exact) mass is 501 g/mol. The van der Waals surface area contributed by atoms with Gasteiger partial charge in [-0.15, -0.1) is 11.3 Å². The Labute approximate surface area is 211 Å². The molecular weight excluding hydrogens is 466 g/mol. The Morgan fingerprint density at radius 2 is 1.89 bits per heavy atom. The lowest BCUT2D eigenvalue weighted by Crippen LogP contribution is -2.43. The van der Waals surface area contributed by atoms with Crippen molar-refractivity contribution in [3.8, 4) is 11.5 Å². The van der Waals surface area contributed by atoms with Crippen molar-refractivity contribution in [2.75, 3.05) is 41.0 Å². The lowest BCUT2D eigenvalue weighted by atomic mass is 9.91. The Morgan fingerprint density at radius 1 is 1.14 bits per heavy atom. The third-order valence-electron chi connectivity index (χ3n) is 5.69. The molecule has 0 spiro atoms. The molecule has 0 N–H and O–H groups in total. The van der Waals surface area contributed by atoms with Crippen molar-refractivity contribution in [3.05, 3.63) is 46.2 Å². The molecule has 0 bridgehead atoms. The summed E-state index contributed by atoms with van der Waals surface area (Å²) in [6, 6.07) is 9.28. The number of benzene rings is 1. The number of hydrogen-bond acceptors (Lipinski definition) is 7. The Morgan fingerprint density at radius 3 is 2.49 bits per heavy atom. The summed E-state index contributed by atoms with van der Waals surface area (Å²) in [4.78, 5) is 29.2. The second kappa shape index (κ2) is 11.7. The summed E-state index contributed by atoms with van der Waals surface area (Å²) >= 11 is 1.59. The van der Waals surface area contributed by atoms with Gasteiger partial charge in [0.25, 0.3) is 5.91 Å². The molecule has 3 rings (SSSR count). The van der Waals surface area contributed by atoms with E-state index in [2.05, 4.69) is 0 Å². The van der Waals surface area contributed by atoms with Crippen LogP contribution in [0.5, 0.6) is 11.5 Å². The molecule has 1 atom stereocenters. The van der Waals surface area contributed by atoms with Gasteiger partial charge in [0.2, 0.25) is 5.91 Å². The van der Waals surface area contributed by atoms with Crippen LogP contribution in [0.4, 0.5) is 0 Å². The van der Waals surface area contributed by atoms with Crippen molar-refractivity contribution in [1.29, 1.82) is 0 Å². The van der Waals surface area contributed by atoms with Crippen LogP contribution in [0.1, 0.15) is 50.1 Å². The Hall–Kier alpha value is -2.91. The zero-order valence-electron chi connectivity index (χ0n) is 21.4. The van der Waals surface area contributed by atoms with Crippen LogP contribution in [0.2, 0.25) is 0 Å². The van der Waals surface area contributed by atoms with E-state index in [1.807, 2.05) is 56.5 Å². The molecule has 1 aliphatic heterocycles. The van der Waals surface area contributed by atoms with Gasteiger partial charge in [-0.2, -0.15) is 5.10 Å². The molecule has 0 fully saturated rings. The smallest absolute Gasteiger partial charge is 0.262 e. The van der Waals surface area contributed by atoms with Crippen LogP contribution < -0.4 is 9.47 Å². The Bertz CT molecular complexity index is 1050. The van der Waals surface area contributed by atoms with Gasteiger partial charge in [-0.25, -0.2) is 5.01 Å². The van der Waals surface area contributed by atoms with Crippen molar-refractivity contribution >= 4 is 28.9 Å². The van der Waals surface area contributed by atoms with E-state index in [-0.39, 0.29) is 29.8 Å². The number of methoxy groups -OCH3 is 3. The molecule has 8 nitrogen and oxygen atoms in total. The molecule has 2 aromatic rings.